The molecule has 2 aliphatic heterocycles. The highest BCUT2D eigenvalue weighted by Crippen LogP contribution is 2.44. The zero-order valence-electron chi connectivity index (χ0n) is 17.7. The quantitative estimate of drug-likeness (QED) is 0.580. The Bertz CT molecular complexity index is 1160. The Morgan fingerprint density at radius 2 is 1.62 bits per heavy atom. The monoisotopic (exact) mass is 424 g/mol. The van der Waals surface area contributed by atoms with E-state index in [1.807, 2.05) is 42.5 Å². The van der Waals surface area contributed by atoms with Gasteiger partial charge in [-0.2, -0.15) is 0 Å². The number of likely N-dealkylation sites (tertiary alicyclic amines) is 1. The molecule has 160 valence electrons. The summed E-state index contributed by atoms with van der Waals surface area (Å²) < 4.78 is 5.83. The number of carbonyl (C=O) groups is 1. The van der Waals surface area contributed by atoms with Crippen molar-refractivity contribution in [3.8, 4) is 11.1 Å². The molecule has 0 N–H and O–H groups in total. The first-order chi connectivity index (χ1) is 15.7. The van der Waals surface area contributed by atoms with Gasteiger partial charge < -0.3 is 14.5 Å². The van der Waals surface area contributed by atoms with Crippen molar-refractivity contribution in [2.45, 2.75) is 24.4 Å². The number of hydrogen-bond donors (Lipinski definition) is 0. The van der Waals surface area contributed by atoms with Crippen LogP contribution in [0.2, 0.25) is 0 Å². The Balaban J connectivity index is 1.12. The highest BCUT2D eigenvalue weighted by Gasteiger charge is 2.47. The third kappa shape index (κ3) is 3.16. The van der Waals surface area contributed by atoms with Gasteiger partial charge in [-0.3, -0.25) is 0 Å². The minimum atomic E-state index is -0.434. The van der Waals surface area contributed by atoms with E-state index in [1.165, 1.54) is 22.3 Å². The highest BCUT2D eigenvalue weighted by atomic mass is 16.7. The predicted octanol–water partition coefficient (Wildman–Crippen LogP) is 5.20. The second-order valence-electron chi connectivity index (χ2n) is 8.83. The van der Waals surface area contributed by atoms with Crippen molar-refractivity contribution >= 4 is 11.8 Å². The molecule has 1 spiro atoms. The third-order valence-electron chi connectivity index (χ3n) is 6.86. The summed E-state index contributed by atoms with van der Waals surface area (Å²) >= 11 is 0. The Kier molecular flexibility index (Phi) is 4.49. The van der Waals surface area contributed by atoms with Gasteiger partial charge in [0.15, 0.2) is 5.60 Å². The van der Waals surface area contributed by atoms with Crippen molar-refractivity contribution < 1.29 is 14.4 Å². The van der Waals surface area contributed by atoms with Gasteiger partial charge in [-0.05, 0) is 27.8 Å². The molecule has 5 nitrogen and oxygen atoms in total. The fourth-order valence-electron chi connectivity index (χ4n) is 5.21. The summed E-state index contributed by atoms with van der Waals surface area (Å²) in [4.78, 5) is 20.5. The van der Waals surface area contributed by atoms with E-state index in [4.69, 9.17) is 9.57 Å². The number of oxime groups is 1. The van der Waals surface area contributed by atoms with E-state index < -0.39 is 5.60 Å². The van der Waals surface area contributed by atoms with E-state index in [0.717, 1.165) is 17.7 Å². The molecular formula is C27H24N2O3. The fourth-order valence-corrected chi connectivity index (χ4v) is 5.21. The minimum Gasteiger partial charge on any atom is -0.448 e. The molecule has 3 aromatic carbocycles. The third-order valence-corrected chi connectivity index (χ3v) is 6.86. The van der Waals surface area contributed by atoms with Crippen molar-refractivity contribution in [3.63, 3.8) is 0 Å². The van der Waals surface area contributed by atoms with Crippen LogP contribution in [0.15, 0.2) is 84.0 Å². The van der Waals surface area contributed by atoms with Gasteiger partial charge in [0, 0.05) is 25.3 Å². The van der Waals surface area contributed by atoms with Gasteiger partial charge in [0.1, 0.15) is 6.61 Å². The molecule has 0 aromatic heterocycles. The molecule has 0 saturated carbocycles. The largest absolute Gasteiger partial charge is 0.448 e. The van der Waals surface area contributed by atoms with Crippen LogP contribution in [-0.2, 0) is 9.57 Å². The summed E-state index contributed by atoms with van der Waals surface area (Å²) in [7, 11) is 0. The van der Waals surface area contributed by atoms with Gasteiger partial charge >= 0.3 is 6.09 Å². The Morgan fingerprint density at radius 3 is 2.34 bits per heavy atom. The van der Waals surface area contributed by atoms with E-state index in [1.54, 1.807) is 4.90 Å². The summed E-state index contributed by atoms with van der Waals surface area (Å²) in [6.07, 6.45) is 1.20. The maximum atomic E-state index is 12.9. The van der Waals surface area contributed by atoms with E-state index in [0.29, 0.717) is 26.1 Å². The van der Waals surface area contributed by atoms with Crippen LogP contribution in [-0.4, -0.2) is 42.0 Å². The maximum Gasteiger partial charge on any atom is 0.409 e. The van der Waals surface area contributed by atoms with Gasteiger partial charge in [0.25, 0.3) is 0 Å². The minimum absolute atomic E-state index is 0.0682. The van der Waals surface area contributed by atoms with Crippen LogP contribution in [0.5, 0.6) is 0 Å². The van der Waals surface area contributed by atoms with Gasteiger partial charge in [0.05, 0.1) is 12.3 Å². The van der Waals surface area contributed by atoms with E-state index in [2.05, 4.69) is 41.6 Å². The lowest BCUT2D eigenvalue weighted by Crippen LogP contribution is -2.37. The zero-order valence-corrected chi connectivity index (χ0v) is 17.7. The van der Waals surface area contributed by atoms with Crippen LogP contribution in [0.3, 0.4) is 0 Å². The summed E-state index contributed by atoms with van der Waals surface area (Å²) in [6, 6.07) is 26.8. The summed E-state index contributed by atoms with van der Waals surface area (Å²) in [5.74, 6) is 0.0682. The number of hydrogen-bond acceptors (Lipinski definition) is 4. The van der Waals surface area contributed by atoms with Crippen molar-refractivity contribution in [3.05, 3.63) is 95.6 Å². The average Bonchev–Trinajstić information content (AvgIpc) is 3.55. The number of rotatable bonds is 3. The summed E-state index contributed by atoms with van der Waals surface area (Å²) in [5.41, 5.74) is 6.49. The standard InChI is InChI=1S/C27H24N2O3/c30-26(29-15-14-27(18-29)16-25(28-32-27)19-8-2-1-3-9-19)31-17-24-22-12-6-4-10-20(22)21-11-5-7-13-23(21)24/h1-13,24H,14-18H2/t27-/m0/s1. The van der Waals surface area contributed by atoms with Gasteiger partial charge in [-0.15, -0.1) is 0 Å². The number of benzene rings is 3. The molecule has 3 aromatic rings. The second kappa shape index (κ2) is 7.52. The first-order valence-corrected chi connectivity index (χ1v) is 11.1. The van der Waals surface area contributed by atoms with Crippen molar-refractivity contribution in [2.75, 3.05) is 19.7 Å². The lowest BCUT2D eigenvalue weighted by molar-refractivity contribution is -0.0103. The molecule has 0 radical (unpaired) electrons. The lowest BCUT2D eigenvalue weighted by Gasteiger charge is -2.22. The molecule has 1 fully saturated rings. The van der Waals surface area contributed by atoms with Crippen molar-refractivity contribution in [1.29, 1.82) is 0 Å². The number of fused-ring (bicyclic) bond motifs is 3. The zero-order chi connectivity index (χ0) is 21.5. The van der Waals surface area contributed by atoms with Crippen LogP contribution < -0.4 is 0 Å². The van der Waals surface area contributed by atoms with Gasteiger partial charge in [0.2, 0.25) is 0 Å². The van der Waals surface area contributed by atoms with E-state index >= 15 is 0 Å². The summed E-state index contributed by atoms with van der Waals surface area (Å²) in [5, 5.41) is 4.33. The second-order valence-corrected chi connectivity index (χ2v) is 8.83. The van der Waals surface area contributed by atoms with Gasteiger partial charge in [-0.1, -0.05) is 84.0 Å². The van der Waals surface area contributed by atoms with Crippen LogP contribution in [0.4, 0.5) is 4.79 Å². The molecule has 0 unspecified atom stereocenters. The van der Waals surface area contributed by atoms with E-state index in [9.17, 15) is 4.79 Å². The first kappa shape index (κ1) is 19.1. The average molecular weight is 425 g/mol. The summed E-state index contributed by atoms with van der Waals surface area (Å²) in [6.45, 7) is 1.46. The van der Waals surface area contributed by atoms with Crippen LogP contribution in [0.25, 0.3) is 11.1 Å². The molecule has 1 atom stereocenters. The first-order valence-electron chi connectivity index (χ1n) is 11.1. The molecule has 3 aliphatic rings. The molecule has 5 heteroatoms. The topological polar surface area (TPSA) is 51.1 Å². The Labute approximate surface area is 187 Å². The normalized spacial score (nSPS) is 21.2. The molecular weight excluding hydrogens is 400 g/mol. The van der Waals surface area contributed by atoms with Crippen LogP contribution >= 0.6 is 0 Å². The smallest absolute Gasteiger partial charge is 0.409 e. The molecule has 1 amide bonds. The SMILES string of the molecule is O=C(OCC1c2ccccc2-c2ccccc21)N1CC[C@]2(CC(c3ccccc3)=NO2)C1. The molecule has 0 bridgehead atoms. The van der Waals surface area contributed by atoms with E-state index in [-0.39, 0.29) is 12.0 Å². The number of ether oxygens (including phenoxy) is 1. The van der Waals surface area contributed by atoms with Crippen molar-refractivity contribution in [2.24, 2.45) is 5.16 Å². The highest BCUT2D eigenvalue weighted by molar-refractivity contribution is 6.01. The Morgan fingerprint density at radius 1 is 0.969 bits per heavy atom. The van der Waals surface area contributed by atoms with Crippen LogP contribution in [0.1, 0.15) is 35.4 Å². The molecule has 2 heterocycles. The maximum absolute atomic E-state index is 12.9. The lowest BCUT2D eigenvalue weighted by atomic mass is 9.93. The molecule has 6 rings (SSSR count). The molecule has 1 aliphatic carbocycles. The molecule has 1 saturated heterocycles. The van der Waals surface area contributed by atoms with Crippen molar-refractivity contribution in [1.82, 2.24) is 4.90 Å². The van der Waals surface area contributed by atoms with Crippen LogP contribution in [0, 0.1) is 0 Å². The number of carbonyl (C=O) groups excluding carboxylic acids is 1. The number of nitrogens with zero attached hydrogens (tertiary/aromatic N) is 2. The van der Waals surface area contributed by atoms with Gasteiger partial charge in [-0.25, -0.2) is 4.79 Å². The fraction of sp³-hybridized carbons (Fsp3) is 0.259. The Hall–Kier alpha value is -3.60. The predicted molar refractivity (Wildman–Crippen MR) is 123 cm³/mol. The molecule has 32 heavy (non-hydrogen) atoms. The number of amides is 1.